The standard InChI is InChI=1S/C16H22O3/c1-3-12-5-4-6-15(11-12)19-14-9-7-13(8-10-14)16(17)18-2/h7-10,12,15H,3-6,11H2,1-2H3. The van der Waals surface area contributed by atoms with Crippen LogP contribution < -0.4 is 4.74 Å². The third-order valence-electron chi connectivity index (χ3n) is 3.89. The summed E-state index contributed by atoms with van der Waals surface area (Å²) < 4.78 is 10.7. The van der Waals surface area contributed by atoms with Gasteiger partial charge in [0, 0.05) is 0 Å². The second kappa shape index (κ2) is 6.60. The van der Waals surface area contributed by atoms with Crippen LogP contribution in [0.5, 0.6) is 5.75 Å². The van der Waals surface area contributed by atoms with E-state index in [0.717, 1.165) is 24.5 Å². The molecule has 0 saturated heterocycles. The van der Waals surface area contributed by atoms with Gasteiger partial charge in [-0.15, -0.1) is 0 Å². The van der Waals surface area contributed by atoms with E-state index in [-0.39, 0.29) is 5.97 Å². The number of hydrogen-bond acceptors (Lipinski definition) is 3. The molecule has 19 heavy (non-hydrogen) atoms. The Labute approximate surface area is 114 Å². The zero-order valence-corrected chi connectivity index (χ0v) is 11.7. The van der Waals surface area contributed by atoms with Crippen LogP contribution in [0.4, 0.5) is 0 Å². The van der Waals surface area contributed by atoms with Crippen LogP contribution in [0.15, 0.2) is 24.3 Å². The Bertz CT molecular complexity index is 411. The molecule has 1 aromatic carbocycles. The molecule has 0 radical (unpaired) electrons. The maximum absolute atomic E-state index is 11.3. The van der Waals surface area contributed by atoms with Gasteiger partial charge < -0.3 is 9.47 Å². The second-order valence-corrected chi connectivity index (χ2v) is 5.20. The number of benzene rings is 1. The van der Waals surface area contributed by atoms with E-state index >= 15 is 0 Å². The Kier molecular flexibility index (Phi) is 4.83. The Hall–Kier alpha value is -1.51. The molecule has 2 atom stereocenters. The van der Waals surface area contributed by atoms with Crippen molar-refractivity contribution in [2.75, 3.05) is 7.11 Å². The third kappa shape index (κ3) is 3.72. The van der Waals surface area contributed by atoms with E-state index in [4.69, 9.17) is 4.74 Å². The van der Waals surface area contributed by atoms with Gasteiger partial charge in [-0.1, -0.05) is 19.8 Å². The van der Waals surface area contributed by atoms with Gasteiger partial charge in [0.25, 0.3) is 0 Å². The van der Waals surface area contributed by atoms with Crippen molar-refractivity contribution in [2.45, 2.75) is 45.1 Å². The third-order valence-corrected chi connectivity index (χ3v) is 3.89. The molecule has 1 aliphatic carbocycles. The number of rotatable bonds is 4. The lowest BCUT2D eigenvalue weighted by Crippen LogP contribution is -2.25. The van der Waals surface area contributed by atoms with Crippen molar-refractivity contribution >= 4 is 5.97 Å². The fraction of sp³-hybridized carbons (Fsp3) is 0.562. The quantitative estimate of drug-likeness (QED) is 0.774. The molecular formula is C16H22O3. The van der Waals surface area contributed by atoms with Gasteiger partial charge in [0.2, 0.25) is 0 Å². The first-order valence-electron chi connectivity index (χ1n) is 7.08. The van der Waals surface area contributed by atoms with Crippen LogP contribution in [0.2, 0.25) is 0 Å². The average Bonchev–Trinajstić information content (AvgIpc) is 2.47. The summed E-state index contributed by atoms with van der Waals surface area (Å²) in [6, 6.07) is 7.20. The van der Waals surface area contributed by atoms with Gasteiger partial charge in [0.05, 0.1) is 18.8 Å². The molecule has 1 saturated carbocycles. The molecule has 0 heterocycles. The van der Waals surface area contributed by atoms with E-state index in [9.17, 15) is 4.79 Å². The van der Waals surface area contributed by atoms with E-state index < -0.39 is 0 Å². The molecule has 2 unspecified atom stereocenters. The maximum Gasteiger partial charge on any atom is 0.337 e. The summed E-state index contributed by atoms with van der Waals surface area (Å²) in [5.74, 6) is 1.33. The topological polar surface area (TPSA) is 35.5 Å². The Morgan fingerprint density at radius 1 is 1.26 bits per heavy atom. The summed E-state index contributed by atoms with van der Waals surface area (Å²) in [5.41, 5.74) is 0.560. The predicted molar refractivity (Wildman–Crippen MR) is 74.4 cm³/mol. The highest BCUT2D eigenvalue weighted by atomic mass is 16.5. The number of methoxy groups -OCH3 is 1. The summed E-state index contributed by atoms with van der Waals surface area (Å²) >= 11 is 0. The average molecular weight is 262 g/mol. The number of carbonyl (C=O) groups excluding carboxylic acids is 1. The summed E-state index contributed by atoms with van der Waals surface area (Å²) in [6.45, 7) is 2.25. The highest BCUT2D eigenvalue weighted by Crippen LogP contribution is 2.29. The molecule has 2 rings (SSSR count). The van der Waals surface area contributed by atoms with Crippen molar-refractivity contribution < 1.29 is 14.3 Å². The molecule has 0 aromatic heterocycles. The van der Waals surface area contributed by atoms with Crippen LogP contribution in [0.3, 0.4) is 0 Å². The van der Waals surface area contributed by atoms with Gasteiger partial charge in [-0.3, -0.25) is 0 Å². The van der Waals surface area contributed by atoms with Gasteiger partial charge in [0.1, 0.15) is 5.75 Å². The zero-order chi connectivity index (χ0) is 13.7. The maximum atomic E-state index is 11.3. The van der Waals surface area contributed by atoms with Crippen LogP contribution in [0.25, 0.3) is 0 Å². The summed E-state index contributed by atoms with van der Waals surface area (Å²) in [4.78, 5) is 11.3. The fourth-order valence-electron chi connectivity index (χ4n) is 2.70. The molecule has 1 fully saturated rings. The van der Waals surface area contributed by atoms with Crippen LogP contribution in [-0.2, 0) is 4.74 Å². The van der Waals surface area contributed by atoms with Gasteiger partial charge in [-0.25, -0.2) is 4.79 Å². The number of hydrogen-bond donors (Lipinski definition) is 0. The number of esters is 1. The lowest BCUT2D eigenvalue weighted by molar-refractivity contribution is 0.0600. The Morgan fingerprint density at radius 2 is 2.00 bits per heavy atom. The van der Waals surface area contributed by atoms with Crippen molar-refractivity contribution in [1.82, 2.24) is 0 Å². The van der Waals surface area contributed by atoms with Gasteiger partial charge in [-0.2, -0.15) is 0 Å². The highest BCUT2D eigenvalue weighted by molar-refractivity contribution is 5.89. The lowest BCUT2D eigenvalue weighted by Gasteiger charge is -2.29. The van der Waals surface area contributed by atoms with Crippen LogP contribution in [-0.4, -0.2) is 19.2 Å². The van der Waals surface area contributed by atoms with E-state index in [1.807, 2.05) is 12.1 Å². The van der Waals surface area contributed by atoms with Gasteiger partial charge in [-0.05, 0) is 49.4 Å². The molecule has 3 nitrogen and oxygen atoms in total. The molecular weight excluding hydrogens is 240 g/mol. The van der Waals surface area contributed by atoms with Crippen molar-refractivity contribution in [3.8, 4) is 5.75 Å². The van der Waals surface area contributed by atoms with Crippen molar-refractivity contribution in [3.05, 3.63) is 29.8 Å². The minimum atomic E-state index is -0.310. The second-order valence-electron chi connectivity index (χ2n) is 5.20. The van der Waals surface area contributed by atoms with E-state index in [1.54, 1.807) is 12.1 Å². The Morgan fingerprint density at radius 3 is 2.63 bits per heavy atom. The molecule has 104 valence electrons. The SMILES string of the molecule is CCC1CCCC(Oc2ccc(C(=O)OC)cc2)C1. The zero-order valence-electron chi connectivity index (χ0n) is 11.7. The predicted octanol–water partition coefficient (Wildman–Crippen LogP) is 3.82. The Balaban J connectivity index is 1.94. The van der Waals surface area contributed by atoms with E-state index in [2.05, 4.69) is 11.7 Å². The molecule has 1 aliphatic rings. The minimum Gasteiger partial charge on any atom is -0.490 e. The monoisotopic (exact) mass is 262 g/mol. The number of ether oxygens (including phenoxy) is 2. The molecule has 0 N–H and O–H groups in total. The molecule has 0 aliphatic heterocycles. The number of carbonyl (C=O) groups is 1. The lowest BCUT2D eigenvalue weighted by atomic mass is 9.85. The van der Waals surface area contributed by atoms with Crippen molar-refractivity contribution in [3.63, 3.8) is 0 Å². The van der Waals surface area contributed by atoms with Crippen LogP contribution in [0.1, 0.15) is 49.4 Å². The first-order valence-corrected chi connectivity index (χ1v) is 7.08. The normalized spacial score (nSPS) is 22.8. The summed E-state index contributed by atoms with van der Waals surface area (Å²) in [6.07, 6.45) is 6.43. The molecule has 3 heteroatoms. The van der Waals surface area contributed by atoms with Gasteiger partial charge in [0.15, 0.2) is 0 Å². The van der Waals surface area contributed by atoms with Gasteiger partial charge >= 0.3 is 5.97 Å². The first kappa shape index (κ1) is 13.9. The first-order chi connectivity index (χ1) is 9.22. The molecule has 0 bridgehead atoms. The largest absolute Gasteiger partial charge is 0.490 e. The van der Waals surface area contributed by atoms with E-state index in [0.29, 0.717) is 11.7 Å². The molecule has 0 spiro atoms. The highest BCUT2D eigenvalue weighted by Gasteiger charge is 2.22. The van der Waals surface area contributed by atoms with Crippen molar-refractivity contribution in [2.24, 2.45) is 5.92 Å². The van der Waals surface area contributed by atoms with E-state index in [1.165, 1.54) is 26.4 Å². The van der Waals surface area contributed by atoms with Crippen molar-refractivity contribution in [1.29, 1.82) is 0 Å². The minimum absolute atomic E-state index is 0.310. The van der Waals surface area contributed by atoms with Crippen LogP contribution in [0, 0.1) is 5.92 Å². The summed E-state index contributed by atoms with van der Waals surface area (Å²) in [7, 11) is 1.39. The molecule has 0 amide bonds. The van der Waals surface area contributed by atoms with Crippen LogP contribution >= 0.6 is 0 Å². The smallest absolute Gasteiger partial charge is 0.337 e. The summed E-state index contributed by atoms with van der Waals surface area (Å²) in [5, 5.41) is 0. The fourth-order valence-corrected chi connectivity index (χ4v) is 2.70. The molecule has 1 aromatic rings.